The van der Waals surface area contributed by atoms with Crippen molar-refractivity contribution < 1.29 is 13.2 Å². The number of fused-ring (bicyclic) bond motifs is 1. The summed E-state index contributed by atoms with van der Waals surface area (Å²) in [6, 6.07) is 7.09. The molecule has 0 radical (unpaired) electrons. The van der Waals surface area contributed by atoms with E-state index in [0.29, 0.717) is 28.3 Å². The summed E-state index contributed by atoms with van der Waals surface area (Å²) >= 11 is 0. The molecule has 0 saturated heterocycles. The Labute approximate surface area is 140 Å². The number of hydrogen-bond acceptors (Lipinski definition) is 4. The number of hydrogen-bond donors (Lipinski definition) is 2. The molecule has 9 heteroatoms. The Morgan fingerprint density at radius 3 is 2.54 bits per heavy atom. The third kappa shape index (κ3) is 2.50. The largest absolute Gasteiger partial charge is 0.350 e. The van der Waals surface area contributed by atoms with Crippen molar-refractivity contribution in [3.63, 3.8) is 0 Å². The molecule has 1 aliphatic heterocycles. The lowest BCUT2D eigenvalue weighted by Crippen LogP contribution is -2.40. The number of anilines is 2. The smallest absolute Gasteiger partial charge is 0.326 e. The van der Waals surface area contributed by atoms with Gasteiger partial charge < -0.3 is 5.32 Å². The van der Waals surface area contributed by atoms with E-state index in [2.05, 4.69) is 15.5 Å². The lowest BCUT2D eigenvalue weighted by molar-refractivity contribution is 0.0953. The van der Waals surface area contributed by atoms with Crippen LogP contribution in [0.1, 0.15) is 21.7 Å². The number of carbonyl (C=O) groups is 1. The van der Waals surface area contributed by atoms with Crippen LogP contribution in [-0.4, -0.2) is 44.7 Å². The first-order valence-corrected chi connectivity index (χ1v) is 8.89. The van der Waals surface area contributed by atoms with Crippen LogP contribution in [0.4, 0.5) is 11.4 Å². The fourth-order valence-electron chi connectivity index (χ4n) is 2.82. The molecule has 0 aliphatic carbocycles. The van der Waals surface area contributed by atoms with Gasteiger partial charge in [0.05, 0.1) is 29.2 Å². The summed E-state index contributed by atoms with van der Waals surface area (Å²) < 4.78 is 27.5. The number of aromatic nitrogens is 2. The lowest BCUT2D eigenvalue weighted by Gasteiger charge is -2.19. The van der Waals surface area contributed by atoms with E-state index in [1.165, 1.54) is 15.7 Å². The van der Waals surface area contributed by atoms with Crippen molar-refractivity contribution in [2.75, 3.05) is 28.7 Å². The molecule has 0 fully saturated rings. The predicted octanol–water partition coefficient (Wildman–Crippen LogP) is 0.958. The van der Waals surface area contributed by atoms with E-state index in [0.717, 1.165) is 0 Å². The minimum Gasteiger partial charge on any atom is -0.350 e. The first-order chi connectivity index (χ1) is 11.3. The number of nitrogens with one attached hydrogen (secondary N) is 2. The van der Waals surface area contributed by atoms with Crippen molar-refractivity contribution in [3.05, 3.63) is 41.2 Å². The fraction of sp³-hybridized carbons (Fsp3) is 0.333. The molecule has 1 aliphatic rings. The molecule has 1 aromatic heterocycles. The highest BCUT2D eigenvalue weighted by atomic mass is 32.2. The highest BCUT2D eigenvalue weighted by Crippen LogP contribution is 2.38. The summed E-state index contributed by atoms with van der Waals surface area (Å²) in [5, 5.41) is 9.50. The molecule has 0 spiro atoms. The summed E-state index contributed by atoms with van der Waals surface area (Å²) in [6.45, 7) is 3.87. The molecule has 0 saturated carbocycles. The van der Waals surface area contributed by atoms with Crippen molar-refractivity contribution in [1.82, 2.24) is 15.5 Å². The predicted molar refractivity (Wildman–Crippen MR) is 91.5 cm³/mol. The topological polar surface area (TPSA) is 98.4 Å². The average molecular weight is 349 g/mol. The summed E-state index contributed by atoms with van der Waals surface area (Å²) in [6.07, 6.45) is 0. The van der Waals surface area contributed by atoms with Gasteiger partial charge in [0.25, 0.3) is 5.91 Å². The molecule has 8 nitrogen and oxygen atoms in total. The number of aryl methyl sites for hydroxylation is 2. The molecule has 24 heavy (non-hydrogen) atoms. The van der Waals surface area contributed by atoms with Gasteiger partial charge in [-0.15, -0.1) is 0 Å². The Bertz CT molecular complexity index is 871. The normalized spacial score (nSPS) is 15.5. The van der Waals surface area contributed by atoms with Crippen LogP contribution in [0, 0.1) is 13.8 Å². The van der Waals surface area contributed by atoms with Gasteiger partial charge in [-0.3, -0.25) is 14.2 Å². The Hall–Kier alpha value is -2.55. The van der Waals surface area contributed by atoms with Crippen LogP contribution in [0.2, 0.25) is 0 Å². The van der Waals surface area contributed by atoms with E-state index in [1.54, 1.807) is 38.1 Å². The minimum absolute atomic E-state index is 0.158. The van der Waals surface area contributed by atoms with Crippen LogP contribution < -0.4 is 13.9 Å². The van der Waals surface area contributed by atoms with Gasteiger partial charge in [0.1, 0.15) is 0 Å². The summed E-state index contributed by atoms with van der Waals surface area (Å²) in [5.74, 6) is -0.267. The molecule has 128 valence electrons. The average Bonchev–Trinajstić information content (AvgIpc) is 2.97. The Kier molecular flexibility index (Phi) is 3.96. The van der Waals surface area contributed by atoms with Crippen LogP contribution in [0.3, 0.4) is 0 Å². The maximum atomic E-state index is 12.5. The number of para-hydroxylation sites is 2. The number of nitrogens with zero attached hydrogens (tertiary/aromatic N) is 3. The second-order valence-corrected chi connectivity index (χ2v) is 7.49. The molecule has 2 N–H and O–H groups in total. The third-order valence-electron chi connectivity index (χ3n) is 4.07. The fourth-order valence-corrected chi connectivity index (χ4v) is 4.24. The summed E-state index contributed by atoms with van der Waals surface area (Å²) in [4.78, 5) is 12.2. The van der Waals surface area contributed by atoms with Gasteiger partial charge >= 0.3 is 10.2 Å². The Balaban J connectivity index is 1.72. The number of rotatable bonds is 4. The monoisotopic (exact) mass is 349 g/mol. The molecule has 1 aromatic carbocycles. The van der Waals surface area contributed by atoms with E-state index >= 15 is 0 Å². The molecule has 0 atom stereocenters. The standard InChI is InChI=1S/C15H19N5O3S/c1-10-14(11(2)18-17-10)15(21)16-8-9-20-13-7-5-4-6-12(13)19(3)24(20,22)23/h4-7H,8-9H2,1-3H3,(H,16,21)(H,17,18). The van der Waals surface area contributed by atoms with Crippen LogP contribution in [0.25, 0.3) is 0 Å². The van der Waals surface area contributed by atoms with Gasteiger partial charge in [0.2, 0.25) is 0 Å². The third-order valence-corrected chi connectivity index (χ3v) is 5.90. The quantitative estimate of drug-likeness (QED) is 0.859. The van der Waals surface area contributed by atoms with Crippen molar-refractivity contribution >= 4 is 27.5 Å². The van der Waals surface area contributed by atoms with E-state index in [1.807, 2.05) is 0 Å². The number of H-pyrrole nitrogens is 1. The van der Waals surface area contributed by atoms with Crippen molar-refractivity contribution in [1.29, 1.82) is 0 Å². The van der Waals surface area contributed by atoms with E-state index < -0.39 is 10.2 Å². The highest BCUT2D eigenvalue weighted by Gasteiger charge is 2.37. The van der Waals surface area contributed by atoms with Gasteiger partial charge in [-0.1, -0.05) is 12.1 Å². The first-order valence-electron chi connectivity index (χ1n) is 7.49. The number of benzene rings is 1. The zero-order chi connectivity index (χ0) is 17.5. The van der Waals surface area contributed by atoms with Gasteiger partial charge in [-0.25, -0.2) is 4.31 Å². The van der Waals surface area contributed by atoms with Gasteiger partial charge in [0.15, 0.2) is 0 Å². The van der Waals surface area contributed by atoms with Crippen LogP contribution >= 0.6 is 0 Å². The van der Waals surface area contributed by atoms with Gasteiger partial charge in [0, 0.05) is 19.3 Å². The van der Waals surface area contributed by atoms with Crippen LogP contribution in [0.15, 0.2) is 24.3 Å². The van der Waals surface area contributed by atoms with Crippen molar-refractivity contribution in [2.45, 2.75) is 13.8 Å². The molecule has 1 amide bonds. The van der Waals surface area contributed by atoms with Crippen molar-refractivity contribution in [3.8, 4) is 0 Å². The van der Waals surface area contributed by atoms with Crippen LogP contribution in [0.5, 0.6) is 0 Å². The number of carbonyl (C=O) groups excluding carboxylic acids is 1. The van der Waals surface area contributed by atoms with E-state index in [-0.39, 0.29) is 19.0 Å². The maximum absolute atomic E-state index is 12.5. The SMILES string of the molecule is Cc1n[nH]c(C)c1C(=O)NCCN1c2ccccc2N(C)S1(=O)=O. The van der Waals surface area contributed by atoms with E-state index in [4.69, 9.17) is 0 Å². The van der Waals surface area contributed by atoms with E-state index in [9.17, 15) is 13.2 Å². The summed E-state index contributed by atoms with van der Waals surface area (Å²) in [7, 11) is -2.08. The molecular formula is C15H19N5O3S. The maximum Gasteiger partial charge on any atom is 0.326 e. The number of amides is 1. The second kappa shape index (κ2) is 5.82. The Morgan fingerprint density at radius 2 is 1.92 bits per heavy atom. The van der Waals surface area contributed by atoms with Crippen LogP contribution in [-0.2, 0) is 10.2 Å². The molecule has 0 bridgehead atoms. The van der Waals surface area contributed by atoms with Gasteiger partial charge in [-0.05, 0) is 26.0 Å². The zero-order valence-electron chi connectivity index (χ0n) is 13.7. The molecule has 2 heterocycles. The molecular weight excluding hydrogens is 330 g/mol. The number of aromatic amines is 1. The lowest BCUT2D eigenvalue weighted by atomic mass is 10.2. The highest BCUT2D eigenvalue weighted by molar-refractivity contribution is 7.94. The Morgan fingerprint density at radius 1 is 1.25 bits per heavy atom. The minimum atomic E-state index is -3.60. The molecule has 3 rings (SSSR count). The summed E-state index contributed by atoms with van der Waals surface area (Å²) in [5.41, 5.74) is 3.04. The first kappa shape index (κ1) is 16.3. The molecule has 2 aromatic rings. The van der Waals surface area contributed by atoms with Gasteiger partial charge in [-0.2, -0.15) is 13.5 Å². The zero-order valence-corrected chi connectivity index (χ0v) is 14.5. The van der Waals surface area contributed by atoms with Crippen molar-refractivity contribution in [2.24, 2.45) is 0 Å². The molecule has 0 unspecified atom stereocenters. The second-order valence-electron chi connectivity index (χ2n) is 5.60.